The molecule has 0 aliphatic carbocycles. The maximum absolute atomic E-state index is 12.1. The number of carboxylic acids is 1. The zero-order valence-electron chi connectivity index (χ0n) is 15.3. The summed E-state index contributed by atoms with van der Waals surface area (Å²) in [5.41, 5.74) is 3.35. The summed E-state index contributed by atoms with van der Waals surface area (Å²) in [6.07, 6.45) is 1.36. The average molecular weight is 385 g/mol. The fraction of sp³-hybridized carbons (Fsp3) is 0.158. The van der Waals surface area contributed by atoms with Crippen molar-refractivity contribution in [2.45, 2.75) is 0 Å². The minimum Gasteiger partial charge on any atom is -0.493 e. The number of hydrogen-bond acceptors (Lipinski definition) is 6. The molecule has 0 bridgehead atoms. The molecular formula is C19H19N3O6. The first kappa shape index (κ1) is 20.4. The van der Waals surface area contributed by atoms with E-state index in [9.17, 15) is 14.4 Å². The Morgan fingerprint density at radius 1 is 1.00 bits per heavy atom. The standard InChI is InChI=1S/C19H19N3O6/c1-27-15-8-7-14(9-16(15)28-2)18(24)20-11-17(23)22-21-10-12-3-5-13(6-4-12)19(25)26/h3-10H,11H2,1-2H3,(H,20,24)(H,22,23)(H,25,26)/b21-10+. The van der Waals surface area contributed by atoms with Crippen molar-refractivity contribution >= 4 is 24.0 Å². The highest BCUT2D eigenvalue weighted by Gasteiger charge is 2.11. The minimum atomic E-state index is -1.03. The van der Waals surface area contributed by atoms with Crippen molar-refractivity contribution < 1.29 is 29.0 Å². The van der Waals surface area contributed by atoms with Crippen LogP contribution in [0.25, 0.3) is 0 Å². The van der Waals surface area contributed by atoms with Crippen LogP contribution in [0.2, 0.25) is 0 Å². The van der Waals surface area contributed by atoms with Gasteiger partial charge in [0.1, 0.15) is 0 Å². The Morgan fingerprint density at radius 2 is 1.64 bits per heavy atom. The molecule has 0 atom stereocenters. The molecule has 0 aliphatic heterocycles. The predicted octanol–water partition coefficient (Wildman–Crippen LogP) is 1.28. The molecule has 0 fully saturated rings. The maximum Gasteiger partial charge on any atom is 0.335 e. The lowest BCUT2D eigenvalue weighted by atomic mass is 10.1. The van der Waals surface area contributed by atoms with Gasteiger partial charge in [-0.25, -0.2) is 10.2 Å². The molecule has 2 aromatic carbocycles. The number of nitrogens with zero attached hydrogens (tertiary/aromatic N) is 1. The van der Waals surface area contributed by atoms with Gasteiger partial charge in [0.2, 0.25) is 0 Å². The van der Waals surface area contributed by atoms with Gasteiger partial charge in [0.25, 0.3) is 11.8 Å². The molecule has 146 valence electrons. The van der Waals surface area contributed by atoms with E-state index in [0.29, 0.717) is 22.6 Å². The highest BCUT2D eigenvalue weighted by atomic mass is 16.5. The van der Waals surface area contributed by atoms with Gasteiger partial charge in [-0.15, -0.1) is 0 Å². The quantitative estimate of drug-likeness (QED) is 0.464. The monoisotopic (exact) mass is 385 g/mol. The zero-order chi connectivity index (χ0) is 20.5. The predicted molar refractivity (Wildman–Crippen MR) is 101 cm³/mol. The van der Waals surface area contributed by atoms with Crippen LogP contribution >= 0.6 is 0 Å². The first-order chi connectivity index (χ1) is 13.4. The van der Waals surface area contributed by atoms with E-state index in [-0.39, 0.29) is 12.1 Å². The highest BCUT2D eigenvalue weighted by molar-refractivity contribution is 5.97. The molecule has 3 N–H and O–H groups in total. The number of methoxy groups -OCH3 is 2. The Balaban J connectivity index is 1.84. The minimum absolute atomic E-state index is 0.152. The van der Waals surface area contributed by atoms with Gasteiger partial charge in [0, 0.05) is 5.56 Å². The fourth-order valence-electron chi connectivity index (χ4n) is 2.17. The van der Waals surface area contributed by atoms with Gasteiger partial charge in [-0.1, -0.05) is 12.1 Å². The van der Waals surface area contributed by atoms with Crippen LogP contribution in [0.4, 0.5) is 0 Å². The van der Waals surface area contributed by atoms with Gasteiger partial charge in [0.15, 0.2) is 11.5 Å². The van der Waals surface area contributed by atoms with Crippen LogP contribution in [0.15, 0.2) is 47.6 Å². The first-order valence-electron chi connectivity index (χ1n) is 8.10. The van der Waals surface area contributed by atoms with Crippen molar-refractivity contribution in [1.82, 2.24) is 10.7 Å². The fourth-order valence-corrected chi connectivity index (χ4v) is 2.17. The SMILES string of the molecule is COc1ccc(C(=O)NCC(=O)N/N=C/c2ccc(C(=O)O)cc2)cc1OC. The van der Waals surface area contributed by atoms with Crippen LogP contribution in [0.5, 0.6) is 11.5 Å². The normalized spacial score (nSPS) is 10.4. The van der Waals surface area contributed by atoms with Crippen LogP contribution in [0, 0.1) is 0 Å². The molecule has 9 nitrogen and oxygen atoms in total. The number of rotatable bonds is 8. The Labute approximate surface area is 161 Å². The van der Waals surface area contributed by atoms with Crippen molar-refractivity contribution in [3.8, 4) is 11.5 Å². The first-order valence-corrected chi connectivity index (χ1v) is 8.10. The van der Waals surface area contributed by atoms with Crippen molar-refractivity contribution in [2.24, 2.45) is 5.10 Å². The van der Waals surface area contributed by atoms with Crippen LogP contribution < -0.4 is 20.2 Å². The van der Waals surface area contributed by atoms with Crippen LogP contribution in [0.3, 0.4) is 0 Å². The van der Waals surface area contributed by atoms with Crippen LogP contribution in [0.1, 0.15) is 26.3 Å². The van der Waals surface area contributed by atoms with E-state index in [1.807, 2.05) is 0 Å². The molecule has 9 heteroatoms. The number of hydrazone groups is 1. The van der Waals surface area contributed by atoms with Gasteiger partial charge < -0.3 is 19.9 Å². The molecule has 28 heavy (non-hydrogen) atoms. The molecule has 0 heterocycles. The molecule has 0 saturated carbocycles. The second-order valence-electron chi connectivity index (χ2n) is 5.47. The summed E-state index contributed by atoms with van der Waals surface area (Å²) < 4.78 is 10.2. The molecule has 2 aromatic rings. The summed E-state index contributed by atoms with van der Waals surface area (Å²) in [6.45, 7) is -0.275. The molecular weight excluding hydrogens is 366 g/mol. The highest BCUT2D eigenvalue weighted by Crippen LogP contribution is 2.27. The van der Waals surface area contributed by atoms with Crippen molar-refractivity contribution in [2.75, 3.05) is 20.8 Å². The number of nitrogens with one attached hydrogen (secondary N) is 2. The van der Waals surface area contributed by atoms with Crippen molar-refractivity contribution in [3.63, 3.8) is 0 Å². The van der Waals surface area contributed by atoms with Crippen molar-refractivity contribution in [3.05, 3.63) is 59.2 Å². The van der Waals surface area contributed by atoms with Gasteiger partial charge >= 0.3 is 5.97 Å². The lowest BCUT2D eigenvalue weighted by Crippen LogP contribution is -2.34. The second-order valence-corrected chi connectivity index (χ2v) is 5.47. The van der Waals surface area contributed by atoms with Gasteiger partial charge in [-0.05, 0) is 35.9 Å². The summed E-state index contributed by atoms with van der Waals surface area (Å²) in [5.74, 6) is -1.11. The summed E-state index contributed by atoms with van der Waals surface area (Å²) in [7, 11) is 2.95. The molecule has 0 saturated heterocycles. The number of benzene rings is 2. The Kier molecular flexibility index (Phi) is 7.09. The van der Waals surface area contributed by atoms with E-state index in [4.69, 9.17) is 14.6 Å². The average Bonchev–Trinajstić information content (AvgIpc) is 2.71. The zero-order valence-corrected chi connectivity index (χ0v) is 15.3. The molecule has 2 rings (SSSR count). The topological polar surface area (TPSA) is 126 Å². The number of ether oxygens (including phenoxy) is 2. The molecule has 0 spiro atoms. The second kappa shape index (κ2) is 9.72. The van der Waals surface area contributed by atoms with Gasteiger partial charge in [-0.2, -0.15) is 5.10 Å². The number of carbonyl (C=O) groups is 3. The number of hydrogen-bond donors (Lipinski definition) is 3. The number of aromatic carboxylic acids is 1. The molecule has 0 radical (unpaired) electrons. The lowest BCUT2D eigenvalue weighted by Gasteiger charge is -2.09. The van der Waals surface area contributed by atoms with Crippen LogP contribution in [-0.2, 0) is 4.79 Å². The third-order valence-electron chi connectivity index (χ3n) is 3.62. The number of carboxylic acid groups (broad SMARTS) is 1. The van der Waals surface area contributed by atoms with Crippen molar-refractivity contribution in [1.29, 1.82) is 0 Å². The third-order valence-corrected chi connectivity index (χ3v) is 3.62. The molecule has 0 aliphatic rings. The lowest BCUT2D eigenvalue weighted by molar-refractivity contribution is -0.120. The van der Waals surface area contributed by atoms with E-state index in [1.54, 1.807) is 24.3 Å². The Hall–Kier alpha value is -3.88. The summed E-state index contributed by atoms with van der Waals surface area (Å²) in [4.78, 5) is 34.7. The third kappa shape index (κ3) is 5.56. The van der Waals surface area contributed by atoms with E-state index in [0.717, 1.165) is 0 Å². The largest absolute Gasteiger partial charge is 0.493 e. The van der Waals surface area contributed by atoms with E-state index < -0.39 is 17.8 Å². The van der Waals surface area contributed by atoms with E-state index >= 15 is 0 Å². The summed E-state index contributed by atoms with van der Waals surface area (Å²) in [6, 6.07) is 10.6. The number of carbonyl (C=O) groups excluding carboxylic acids is 2. The molecule has 0 unspecified atom stereocenters. The van der Waals surface area contributed by atoms with Gasteiger partial charge in [0.05, 0.1) is 32.5 Å². The number of amides is 2. The molecule has 2 amide bonds. The van der Waals surface area contributed by atoms with Gasteiger partial charge in [-0.3, -0.25) is 9.59 Å². The van der Waals surface area contributed by atoms with E-state index in [2.05, 4.69) is 15.8 Å². The smallest absolute Gasteiger partial charge is 0.335 e. The Bertz CT molecular complexity index is 893. The molecule has 0 aromatic heterocycles. The summed E-state index contributed by atoms with van der Waals surface area (Å²) >= 11 is 0. The van der Waals surface area contributed by atoms with E-state index in [1.165, 1.54) is 38.6 Å². The maximum atomic E-state index is 12.1. The van der Waals surface area contributed by atoms with Crippen LogP contribution in [-0.4, -0.2) is 49.9 Å². The summed E-state index contributed by atoms with van der Waals surface area (Å²) in [5, 5.41) is 15.1. The Morgan fingerprint density at radius 3 is 2.25 bits per heavy atom.